The van der Waals surface area contributed by atoms with Gasteiger partial charge < -0.3 is 104 Å². The van der Waals surface area contributed by atoms with Gasteiger partial charge in [-0.05, 0) is 87.0 Å². The van der Waals surface area contributed by atoms with Gasteiger partial charge in [0.2, 0.25) is 5.95 Å². The van der Waals surface area contributed by atoms with E-state index in [4.69, 9.17) is 76.5 Å². The van der Waals surface area contributed by atoms with Crippen LogP contribution in [0.3, 0.4) is 0 Å². The Kier molecular flexibility index (Phi) is 31.1. The number of carbonyl (C=O) groups excluding carboxylic acids is 2. The molecule has 2 aromatic carbocycles. The Morgan fingerprint density at radius 1 is 0.711 bits per heavy atom. The maximum atomic E-state index is 12.3. The average Bonchev–Trinajstić information content (AvgIpc) is 3.36. The molecule has 0 spiro atoms. The third-order valence-corrected chi connectivity index (χ3v) is 9.58. The lowest BCUT2D eigenvalue weighted by Gasteiger charge is -2.26. The highest BCUT2D eigenvalue weighted by atomic mass is 16.4. The standard InChI is InChI=1S/C19H20N8O5.C12H26N6O3.C9H11NO3.2C2H5NO2/c20-15-14-16(27-19(21)26-15)23-8-11(24-14)7-22-10-3-1-9(2-4-10)17(30)25-12(18(31)32)5-6-13(28)29;13-6-2-1-4-8(14)9(19)12(17,10(20)21)5-3-7-18-11(15)16;10-8(9(12)13)5-6-1-3-7(11)4-2-6;2*3-1-2(4)5/h1-4,8,12,22H,5-7H2,(H,25,30)(H,28,29)(H,31,32)(H4,20,21,23,26,27);8H,1-7,13-14,17H2,(H,20,21)(H4,15,16,18);1-4,8,11H,5,10H2,(H,12,13);2*1,3H2,(H,4,5)/t;8-,12+;8-;;/m.00../s1. The van der Waals surface area contributed by atoms with Crippen molar-refractivity contribution in [2.45, 2.75) is 81.6 Å². The number of phenolic OH excluding ortho intramolecular Hbond substituents is 1. The van der Waals surface area contributed by atoms with Gasteiger partial charge in [0.15, 0.2) is 34.3 Å². The largest absolute Gasteiger partial charge is 0.508 e. The van der Waals surface area contributed by atoms with Crippen LogP contribution in [0.1, 0.15) is 66.6 Å². The van der Waals surface area contributed by atoms with Crippen LogP contribution in [0.15, 0.2) is 59.7 Å². The van der Waals surface area contributed by atoms with Crippen LogP contribution in [0.2, 0.25) is 0 Å². The predicted molar refractivity (Wildman–Crippen MR) is 275 cm³/mol. The summed E-state index contributed by atoms with van der Waals surface area (Å²) in [6, 6.07) is 9.50. The summed E-state index contributed by atoms with van der Waals surface area (Å²) in [5, 5.41) is 65.2. The number of aromatic nitrogens is 4. The van der Waals surface area contributed by atoms with Gasteiger partial charge in [0.1, 0.15) is 17.8 Å². The first-order valence-corrected chi connectivity index (χ1v) is 22.4. The second kappa shape index (κ2) is 35.2. The quantitative estimate of drug-likeness (QED) is 0.0132. The fourth-order valence-electron chi connectivity index (χ4n) is 5.61. The number of nitrogens with zero attached hydrogens (tertiary/aromatic N) is 5. The summed E-state index contributed by atoms with van der Waals surface area (Å²) in [7, 11) is 0. The van der Waals surface area contributed by atoms with E-state index in [1.165, 1.54) is 30.5 Å². The van der Waals surface area contributed by atoms with Gasteiger partial charge in [-0.2, -0.15) is 9.97 Å². The molecule has 2 heterocycles. The summed E-state index contributed by atoms with van der Waals surface area (Å²) in [5.41, 5.74) is 53.8. The average molecular weight is 1070 g/mol. The topological polar surface area (TPSA) is 626 Å². The van der Waals surface area contributed by atoms with Crippen LogP contribution in [0.5, 0.6) is 5.75 Å². The highest BCUT2D eigenvalue weighted by molar-refractivity contribution is 6.09. The molecule has 0 radical (unpaired) electrons. The fraction of sp³-hybridized carbons (Fsp3) is 0.386. The number of rotatable bonds is 25. The van der Waals surface area contributed by atoms with Crippen molar-refractivity contribution in [2.75, 3.05) is 43.0 Å². The SMILES string of the molecule is NCC(=O)O.NCC(=O)O.NCCCC[C@H](N)C(=O)[C@](N)(CCCN=C(N)N)C(=O)O.N[C@@H](Cc1ccc(O)cc1)C(=O)O.Nc1nc(N)c2nc(CNc3ccc(C(=O)NC(CCC(=O)O)C(=O)O)cc3)cnc2n1. The highest BCUT2D eigenvalue weighted by Crippen LogP contribution is 2.18. The number of carboxylic acids is 6. The zero-order valence-corrected chi connectivity index (χ0v) is 41.0. The molecule has 0 aliphatic rings. The Bertz CT molecular complexity index is 2540. The Morgan fingerprint density at radius 3 is 1.78 bits per heavy atom. The summed E-state index contributed by atoms with van der Waals surface area (Å²) in [6.07, 6.45) is 3.11. The molecule has 0 aliphatic carbocycles. The normalized spacial score (nSPS) is 12.1. The molecule has 1 amide bonds. The van der Waals surface area contributed by atoms with E-state index in [1.807, 2.05) is 0 Å². The van der Waals surface area contributed by atoms with E-state index in [-0.39, 0.29) is 86.4 Å². The third kappa shape index (κ3) is 27.2. The van der Waals surface area contributed by atoms with Crippen molar-refractivity contribution >= 4 is 82.1 Å². The number of aliphatic carboxylic acids is 6. The number of anilines is 3. The number of hydrogen-bond donors (Lipinski definition) is 19. The second-order valence-corrected chi connectivity index (χ2v) is 15.7. The Balaban J connectivity index is 0.00000109. The number of Topliss-reactive ketones (excluding diaryl/α,β-unsaturated/α-hetero) is 1. The maximum absolute atomic E-state index is 12.3. The van der Waals surface area contributed by atoms with Gasteiger partial charge >= 0.3 is 35.8 Å². The van der Waals surface area contributed by atoms with E-state index in [9.17, 15) is 43.5 Å². The smallest absolute Gasteiger partial charge is 0.331 e. The summed E-state index contributed by atoms with van der Waals surface area (Å²) < 4.78 is 0. The zero-order valence-electron chi connectivity index (χ0n) is 41.0. The first-order chi connectivity index (χ1) is 35.6. The van der Waals surface area contributed by atoms with E-state index in [1.54, 1.807) is 24.3 Å². The Hall–Kier alpha value is -8.95. The molecule has 418 valence electrons. The van der Waals surface area contributed by atoms with Crippen LogP contribution in [-0.2, 0) is 46.5 Å². The number of hydrogen-bond acceptors (Lipinski definition) is 23. The minimum absolute atomic E-state index is 0.0101. The first-order valence-electron chi connectivity index (χ1n) is 22.4. The van der Waals surface area contributed by atoms with E-state index in [2.05, 4.69) is 47.0 Å². The van der Waals surface area contributed by atoms with Gasteiger partial charge in [0, 0.05) is 24.2 Å². The molecular formula is C44H67N17O15. The lowest BCUT2D eigenvalue weighted by Crippen LogP contribution is -2.60. The number of ketones is 1. The third-order valence-electron chi connectivity index (χ3n) is 9.58. The van der Waals surface area contributed by atoms with Crippen molar-refractivity contribution in [1.29, 1.82) is 0 Å². The molecule has 32 nitrogen and oxygen atoms in total. The number of guanidine groups is 1. The van der Waals surface area contributed by atoms with Gasteiger partial charge in [-0.15, -0.1) is 0 Å². The molecule has 0 saturated heterocycles. The molecule has 4 atom stereocenters. The van der Waals surface area contributed by atoms with E-state index in [0.717, 1.165) is 12.0 Å². The number of carboxylic acid groups (broad SMARTS) is 6. The van der Waals surface area contributed by atoms with E-state index < -0.39 is 71.2 Å². The second-order valence-electron chi connectivity index (χ2n) is 15.7. The number of phenols is 1. The predicted octanol–water partition coefficient (Wildman–Crippen LogP) is -3.50. The monoisotopic (exact) mass is 1070 g/mol. The van der Waals surface area contributed by atoms with Crippen LogP contribution in [-0.4, -0.2) is 159 Å². The minimum Gasteiger partial charge on any atom is -0.508 e. The van der Waals surface area contributed by atoms with Gasteiger partial charge in [0.25, 0.3) is 5.91 Å². The minimum atomic E-state index is -2.01. The number of carbonyl (C=O) groups is 8. The maximum Gasteiger partial charge on any atom is 0.331 e. The molecule has 76 heavy (non-hydrogen) atoms. The molecule has 4 rings (SSSR count). The summed E-state index contributed by atoms with van der Waals surface area (Å²) in [5.74, 6) is -7.91. The highest BCUT2D eigenvalue weighted by Gasteiger charge is 2.43. The van der Waals surface area contributed by atoms with Gasteiger partial charge in [-0.3, -0.25) is 33.8 Å². The molecular weight excluding hydrogens is 1010 g/mol. The molecule has 0 fully saturated rings. The summed E-state index contributed by atoms with van der Waals surface area (Å²) in [6.45, 7) is 0.435. The Labute approximate surface area is 433 Å². The number of nitrogen functional groups attached to an aromatic ring is 2. The molecule has 32 heteroatoms. The van der Waals surface area contributed by atoms with Crippen LogP contribution < -0.4 is 68.0 Å². The number of aliphatic imine (C=N–C) groups is 1. The van der Waals surface area contributed by atoms with Crippen LogP contribution in [0, 0.1) is 0 Å². The number of aromatic hydroxyl groups is 1. The first kappa shape index (κ1) is 67.0. The summed E-state index contributed by atoms with van der Waals surface area (Å²) in [4.78, 5) is 107. The summed E-state index contributed by atoms with van der Waals surface area (Å²) >= 11 is 0. The molecule has 0 aliphatic heterocycles. The van der Waals surface area contributed by atoms with Crippen molar-refractivity contribution in [2.24, 2.45) is 50.9 Å². The molecule has 29 N–H and O–H groups in total. The van der Waals surface area contributed by atoms with Crippen molar-refractivity contribution < 1.29 is 74.1 Å². The molecule has 2 aromatic heterocycles. The number of benzene rings is 2. The fourth-order valence-corrected chi connectivity index (χ4v) is 5.61. The number of amides is 1. The molecule has 0 saturated carbocycles. The molecule has 1 unspecified atom stereocenters. The van der Waals surface area contributed by atoms with Crippen molar-refractivity contribution in [3.8, 4) is 5.75 Å². The van der Waals surface area contributed by atoms with Crippen LogP contribution >= 0.6 is 0 Å². The lowest BCUT2D eigenvalue weighted by molar-refractivity contribution is -0.149. The van der Waals surface area contributed by atoms with E-state index in [0.29, 0.717) is 42.8 Å². The van der Waals surface area contributed by atoms with Crippen molar-refractivity contribution in [1.82, 2.24) is 25.3 Å². The Morgan fingerprint density at radius 2 is 1.29 bits per heavy atom. The zero-order chi connectivity index (χ0) is 58.1. The van der Waals surface area contributed by atoms with Crippen LogP contribution in [0.4, 0.5) is 17.5 Å². The lowest BCUT2D eigenvalue weighted by atomic mass is 9.84. The van der Waals surface area contributed by atoms with Gasteiger partial charge in [-0.25, -0.2) is 19.6 Å². The molecule has 4 aromatic rings. The van der Waals surface area contributed by atoms with E-state index >= 15 is 0 Å². The van der Waals surface area contributed by atoms with Gasteiger partial charge in [0.05, 0.1) is 37.6 Å². The molecule has 0 bridgehead atoms. The number of nitrogens with two attached hydrogens (primary N) is 10. The van der Waals surface area contributed by atoms with Crippen molar-refractivity contribution in [3.63, 3.8) is 0 Å². The van der Waals surface area contributed by atoms with Gasteiger partial charge in [-0.1, -0.05) is 18.6 Å². The number of unbranched alkanes of at least 4 members (excludes halogenated alkanes) is 1. The number of fused-ring (bicyclic) bond motifs is 1. The number of nitrogens with one attached hydrogen (secondary N) is 2. The van der Waals surface area contributed by atoms with Crippen LogP contribution in [0.25, 0.3) is 11.2 Å². The van der Waals surface area contributed by atoms with Crippen molar-refractivity contribution in [3.05, 3.63) is 71.5 Å².